The van der Waals surface area contributed by atoms with Crippen LogP contribution in [-0.2, 0) is 13.1 Å². The lowest BCUT2D eigenvalue weighted by molar-refractivity contribution is 0.0772. The van der Waals surface area contributed by atoms with E-state index in [2.05, 4.69) is 10.6 Å². The van der Waals surface area contributed by atoms with Crippen LogP contribution in [0.15, 0.2) is 42.5 Å². The van der Waals surface area contributed by atoms with Gasteiger partial charge in [-0.1, -0.05) is 12.1 Å². The molecular weight excluding hydrogens is 350 g/mol. The molecule has 3 rings (SSSR count). The standard InChI is InChI=1S/C20H23N3O2.ClH/c1-3-23(4-2)20(25)15-6-5-7-18(11-15)22-19(24)14-8-9-16-12-21-13-17(16)10-14;/h5-11,21H,3-4,12-13H2,1-2H3,(H,22,24);1H. The molecule has 0 radical (unpaired) electrons. The number of carbonyl (C=O) groups excluding carboxylic acids is 2. The Morgan fingerprint density at radius 1 is 1.00 bits per heavy atom. The number of nitrogens with zero attached hydrogens (tertiary/aromatic N) is 1. The lowest BCUT2D eigenvalue weighted by Crippen LogP contribution is -2.30. The fraction of sp³-hybridized carbons (Fsp3) is 0.300. The highest BCUT2D eigenvalue weighted by Crippen LogP contribution is 2.19. The van der Waals surface area contributed by atoms with Crippen molar-refractivity contribution in [2.45, 2.75) is 26.9 Å². The Kier molecular flexibility index (Phi) is 6.77. The minimum absolute atomic E-state index is 0. The largest absolute Gasteiger partial charge is 0.339 e. The predicted octanol–water partition coefficient (Wildman–Crippen LogP) is 3.45. The summed E-state index contributed by atoms with van der Waals surface area (Å²) in [4.78, 5) is 26.7. The second-order valence-electron chi connectivity index (χ2n) is 6.10. The lowest BCUT2D eigenvalue weighted by Gasteiger charge is -2.19. The molecule has 2 aromatic rings. The molecule has 6 heteroatoms. The second kappa shape index (κ2) is 8.83. The molecule has 138 valence electrons. The summed E-state index contributed by atoms with van der Waals surface area (Å²) in [6, 6.07) is 12.8. The van der Waals surface area contributed by atoms with Gasteiger partial charge in [0.2, 0.25) is 0 Å². The van der Waals surface area contributed by atoms with Gasteiger partial charge < -0.3 is 15.5 Å². The quantitative estimate of drug-likeness (QED) is 0.843. The van der Waals surface area contributed by atoms with Gasteiger partial charge in [-0.05, 0) is 55.3 Å². The Morgan fingerprint density at radius 3 is 2.46 bits per heavy atom. The molecular formula is C20H24ClN3O2. The minimum Gasteiger partial charge on any atom is -0.339 e. The van der Waals surface area contributed by atoms with Crippen molar-refractivity contribution in [3.05, 3.63) is 64.7 Å². The third-order valence-electron chi connectivity index (χ3n) is 4.52. The Labute approximate surface area is 160 Å². The maximum atomic E-state index is 12.5. The molecule has 5 nitrogen and oxygen atoms in total. The van der Waals surface area contributed by atoms with Gasteiger partial charge >= 0.3 is 0 Å². The number of carbonyl (C=O) groups is 2. The number of hydrogen-bond donors (Lipinski definition) is 2. The third-order valence-corrected chi connectivity index (χ3v) is 4.52. The van der Waals surface area contributed by atoms with Crippen LogP contribution in [0.4, 0.5) is 5.69 Å². The average Bonchev–Trinajstić information content (AvgIpc) is 3.10. The molecule has 1 heterocycles. The van der Waals surface area contributed by atoms with E-state index < -0.39 is 0 Å². The van der Waals surface area contributed by atoms with Crippen molar-refractivity contribution in [1.29, 1.82) is 0 Å². The highest BCUT2D eigenvalue weighted by molar-refractivity contribution is 6.05. The molecule has 0 aliphatic carbocycles. The number of halogens is 1. The third kappa shape index (κ3) is 4.23. The summed E-state index contributed by atoms with van der Waals surface area (Å²) in [5, 5.41) is 6.16. The number of nitrogens with one attached hydrogen (secondary N) is 2. The van der Waals surface area contributed by atoms with Crippen molar-refractivity contribution in [3.8, 4) is 0 Å². The van der Waals surface area contributed by atoms with E-state index in [0.29, 0.717) is 29.9 Å². The van der Waals surface area contributed by atoms with Crippen molar-refractivity contribution in [2.75, 3.05) is 18.4 Å². The van der Waals surface area contributed by atoms with Gasteiger partial charge in [0.05, 0.1) is 0 Å². The average molecular weight is 374 g/mol. The Balaban J connectivity index is 0.00000243. The Morgan fingerprint density at radius 2 is 1.73 bits per heavy atom. The predicted molar refractivity (Wildman–Crippen MR) is 106 cm³/mol. The molecule has 2 N–H and O–H groups in total. The topological polar surface area (TPSA) is 61.4 Å². The summed E-state index contributed by atoms with van der Waals surface area (Å²) in [7, 11) is 0. The van der Waals surface area contributed by atoms with Crippen LogP contribution in [0.25, 0.3) is 0 Å². The van der Waals surface area contributed by atoms with Gasteiger partial charge in [-0.2, -0.15) is 0 Å². The van der Waals surface area contributed by atoms with Crippen molar-refractivity contribution >= 4 is 29.9 Å². The number of rotatable bonds is 5. The van der Waals surface area contributed by atoms with Gasteiger partial charge in [0, 0.05) is 43.0 Å². The minimum atomic E-state index is -0.165. The first-order valence-electron chi connectivity index (χ1n) is 8.65. The highest BCUT2D eigenvalue weighted by Gasteiger charge is 2.15. The first-order valence-corrected chi connectivity index (χ1v) is 8.65. The number of amides is 2. The summed E-state index contributed by atoms with van der Waals surface area (Å²) in [5.74, 6) is -0.188. The zero-order valence-electron chi connectivity index (χ0n) is 15.0. The number of anilines is 1. The number of benzene rings is 2. The number of hydrogen-bond acceptors (Lipinski definition) is 3. The molecule has 1 aliphatic heterocycles. The Bertz CT molecular complexity index is 803. The molecule has 0 atom stereocenters. The molecule has 0 bridgehead atoms. The Hall–Kier alpha value is -2.37. The molecule has 0 spiro atoms. The van der Waals surface area contributed by atoms with Crippen molar-refractivity contribution in [2.24, 2.45) is 0 Å². The molecule has 0 saturated heterocycles. The molecule has 0 saturated carbocycles. The van der Waals surface area contributed by atoms with Crippen molar-refractivity contribution < 1.29 is 9.59 Å². The van der Waals surface area contributed by atoms with Crippen LogP contribution in [0.2, 0.25) is 0 Å². The van der Waals surface area contributed by atoms with Crippen molar-refractivity contribution in [1.82, 2.24) is 10.2 Å². The van der Waals surface area contributed by atoms with Gasteiger partial charge in [0.25, 0.3) is 11.8 Å². The fourth-order valence-corrected chi connectivity index (χ4v) is 3.06. The van der Waals surface area contributed by atoms with E-state index >= 15 is 0 Å². The maximum absolute atomic E-state index is 12.5. The van der Waals surface area contributed by atoms with E-state index in [4.69, 9.17) is 0 Å². The monoisotopic (exact) mass is 373 g/mol. The van der Waals surface area contributed by atoms with E-state index in [0.717, 1.165) is 18.7 Å². The van der Waals surface area contributed by atoms with Crippen LogP contribution in [0, 0.1) is 0 Å². The van der Waals surface area contributed by atoms with E-state index in [1.165, 1.54) is 5.56 Å². The summed E-state index contributed by atoms with van der Waals surface area (Å²) < 4.78 is 0. The van der Waals surface area contributed by atoms with Crippen LogP contribution in [0.1, 0.15) is 45.7 Å². The SMILES string of the molecule is CCN(CC)C(=O)c1cccc(NC(=O)c2ccc3c(c2)CNC3)c1.Cl. The van der Waals surface area contributed by atoms with E-state index in [1.807, 2.05) is 32.0 Å². The van der Waals surface area contributed by atoms with E-state index in [1.54, 1.807) is 29.2 Å². The van der Waals surface area contributed by atoms with Crippen LogP contribution < -0.4 is 10.6 Å². The van der Waals surface area contributed by atoms with Crippen molar-refractivity contribution in [3.63, 3.8) is 0 Å². The van der Waals surface area contributed by atoms with Gasteiger partial charge in [-0.15, -0.1) is 12.4 Å². The molecule has 0 unspecified atom stereocenters. The molecule has 26 heavy (non-hydrogen) atoms. The first-order chi connectivity index (χ1) is 12.1. The normalized spacial score (nSPS) is 12.1. The second-order valence-corrected chi connectivity index (χ2v) is 6.10. The van der Waals surface area contributed by atoms with Crippen LogP contribution in [0.5, 0.6) is 0 Å². The highest BCUT2D eigenvalue weighted by atomic mass is 35.5. The van der Waals surface area contributed by atoms with Crippen LogP contribution in [-0.4, -0.2) is 29.8 Å². The summed E-state index contributed by atoms with van der Waals surface area (Å²) in [6.45, 7) is 6.88. The summed E-state index contributed by atoms with van der Waals surface area (Å²) in [5.41, 5.74) is 4.24. The van der Waals surface area contributed by atoms with Gasteiger partial charge in [-0.25, -0.2) is 0 Å². The van der Waals surface area contributed by atoms with Crippen LogP contribution >= 0.6 is 12.4 Å². The van der Waals surface area contributed by atoms with Crippen LogP contribution in [0.3, 0.4) is 0 Å². The maximum Gasteiger partial charge on any atom is 0.255 e. The molecule has 0 aromatic heterocycles. The summed E-state index contributed by atoms with van der Waals surface area (Å²) >= 11 is 0. The molecule has 2 amide bonds. The zero-order chi connectivity index (χ0) is 17.8. The van der Waals surface area contributed by atoms with Gasteiger partial charge in [0.15, 0.2) is 0 Å². The van der Waals surface area contributed by atoms with Gasteiger partial charge in [0.1, 0.15) is 0 Å². The molecule has 0 fully saturated rings. The first kappa shape index (κ1) is 19.9. The zero-order valence-corrected chi connectivity index (χ0v) is 15.9. The summed E-state index contributed by atoms with van der Waals surface area (Å²) in [6.07, 6.45) is 0. The van der Waals surface area contributed by atoms with E-state index in [9.17, 15) is 9.59 Å². The fourth-order valence-electron chi connectivity index (χ4n) is 3.06. The molecule has 2 aromatic carbocycles. The lowest BCUT2D eigenvalue weighted by atomic mass is 10.1. The smallest absolute Gasteiger partial charge is 0.255 e. The molecule has 1 aliphatic rings. The van der Waals surface area contributed by atoms with E-state index in [-0.39, 0.29) is 24.2 Å². The number of fused-ring (bicyclic) bond motifs is 1. The van der Waals surface area contributed by atoms with Gasteiger partial charge in [-0.3, -0.25) is 9.59 Å².